The quantitative estimate of drug-likeness (QED) is 0.689. The Kier molecular flexibility index (Phi) is 4.46. The van der Waals surface area contributed by atoms with E-state index in [1.54, 1.807) is 19.1 Å². The number of hydrogen-bond acceptors (Lipinski definition) is 2. The van der Waals surface area contributed by atoms with E-state index >= 15 is 0 Å². The van der Waals surface area contributed by atoms with Crippen molar-refractivity contribution >= 4 is 5.78 Å². The van der Waals surface area contributed by atoms with Gasteiger partial charge in [-0.05, 0) is 60.7 Å². The first-order valence-electron chi connectivity index (χ1n) is 7.32. The number of benzene rings is 2. The molecule has 0 aliphatic rings. The lowest BCUT2D eigenvalue weighted by atomic mass is 9.82. The average molecular weight is 282 g/mol. The van der Waals surface area contributed by atoms with Crippen LogP contribution in [0.2, 0.25) is 0 Å². The van der Waals surface area contributed by atoms with Crippen LogP contribution >= 0.6 is 0 Å². The highest BCUT2D eigenvalue weighted by atomic mass is 16.5. The highest BCUT2D eigenvalue weighted by Crippen LogP contribution is 2.29. The van der Waals surface area contributed by atoms with Crippen molar-refractivity contribution in [3.8, 4) is 11.5 Å². The summed E-state index contributed by atoms with van der Waals surface area (Å²) in [4.78, 5) is 11.2. The molecule has 2 nitrogen and oxygen atoms in total. The number of Topliss-reactive ketones (excluding diaryl/α,β-unsaturated/α-hetero) is 1. The van der Waals surface area contributed by atoms with E-state index < -0.39 is 0 Å². The van der Waals surface area contributed by atoms with Crippen LogP contribution in [0.15, 0.2) is 48.5 Å². The van der Waals surface area contributed by atoms with Crippen molar-refractivity contribution in [1.29, 1.82) is 0 Å². The molecule has 0 fully saturated rings. The highest BCUT2D eigenvalue weighted by molar-refractivity contribution is 5.94. The molecule has 0 atom stereocenters. The minimum atomic E-state index is 0.0627. The van der Waals surface area contributed by atoms with Crippen molar-refractivity contribution in [2.45, 2.75) is 39.5 Å². The molecule has 0 aromatic heterocycles. The zero-order valence-electron chi connectivity index (χ0n) is 13.1. The van der Waals surface area contributed by atoms with Gasteiger partial charge in [0, 0.05) is 5.56 Å². The molecule has 2 heteroatoms. The Labute approximate surface area is 126 Å². The van der Waals surface area contributed by atoms with E-state index in [1.165, 1.54) is 5.56 Å². The molecule has 0 saturated carbocycles. The maximum absolute atomic E-state index is 11.2. The zero-order chi connectivity index (χ0) is 15.5. The normalized spacial score (nSPS) is 11.2. The van der Waals surface area contributed by atoms with Gasteiger partial charge in [-0.2, -0.15) is 0 Å². The van der Waals surface area contributed by atoms with Gasteiger partial charge in [-0.15, -0.1) is 0 Å². The molecule has 0 amide bonds. The molecule has 2 aromatic carbocycles. The van der Waals surface area contributed by atoms with Crippen LogP contribution in [0.3, 0.4) is 0 Å². The van der Waals surface area contributed by atoms with Crippen molar-refractivity contribution in [3.63, 3.8) is 0 Å². The molecule has 2 aromatic rings. The molecular weight excluding hydrogens is 260 g/mol. The summed E-state index contributed by atoms with van der Waals surface area (Å²) in [5.41, 5.74) is 2.19. The number of ketones is 1. The smallest absolute Gasteiger partial charge is 0.159 e. The Balaban J connectivity index is 2.11. The van der Waals surface area contributed by atoms with Gasteiger partial charge in [-0.1, -0.05) is 32.9 Å². The Morgan fingerprint density at radius 1 is 0.952 bits per heavy atom. The number of carbonyl (C=O) groups is 1. The van der Waals surface area contributed by atoms with Crippen LogP contribution < -0.4 is 4.74 Å². The van der Waals surface area contributed by atoms with Gasteiger partial charge in [-0.25, -0.2) is 0 Å². The molecule has 2 rings (SSSR count). The van der Waals surface area contributed by atoms with Gasteiger partial charge in [0.25, 0.3) is 0 Å². The van der Waals surface area contributed by atoms with E-state index in [0.717, 1.165) is 17.9 Å². The topological polar surface area (TPSA) is 26.3 Å². The molecule has 21 heavy (non-hydrogen) atoms. The molecule has 0 N–H and O–H groups in total. The molecular formula is C19H22O2. The zero-order valence-corrected chi connectivity index (χ0v) is 13.1. The van der Waals surface area contributed by atoms with Crippen molar-refractivity contribution in [2.24, 2.45) is 0 Å². The van der Waals surface area contributed by atoms with E-state index in [9.17, 15) is 4.79 Å². The van der Waals surface area contributed by atoms with Gasteiger partial charge in [0.1, 0.15) is 11.5 Å². The van der Waals surface area contributed by atoms with Gasteiger partial charge in [0.15, 0.2) is 5.78 Å². The number of hydrogen-bond donors (Lipinski definition) is 0. The third-order valence-corrected chi connectivity index (χ3v) is 4.02. The fraction of sp³-hybridized carbons (Fsp3) is 0.316. The van der Waals surface area contributed by atoms with Crippen LogP contribution in [0, 0.1) is 0 Å². The SMILES string of the molecule is CCC(C)(C)c1ccc(Oc2ccc(C(C)=O)cc2)cc1. The second-order valence-corrected chi connectivity index (χ2v) is 5.94. The maximum atomic E-state index is 11.2. The number of ether oxygens (including phenoxy) is 1. The van der Waals surface area contributed by atoms with Crippen molar-refractivity contribution in [2.75, 3.05) is 0 Å². The molecule has 0 bridgehead atoms. The molecule has 0 aliphatic heterocycles. The summed E-state index contributed by atoms with van der Waals surface area (Å²) < 4.78 is 5.80. The van der Waals surface area contributed by atoms with Crippen LogP contribution in [-0.4, -0.2) is 5.78 Å². The fourth-order valence-electron chi connectivity index (χ4n) is 2.07. The van der Waals surface area contributed by atoms with Gasteiger partial charge < -0.3 is 4.74 Å². The van der Waals surface area contributed by atoms with Crippen molar-refractivity contribution < 1.29 is 9.53 Å². The Bertz CT molecular complexity index is 607. The van der Waals surface area contributed by atoms with Gasteiger partial charge in [-0.3, -0.25) is 4.79 Å². The molecule has 110 valence electrons. The summed E-state index contributed by atoms with van der Waals surface area (Å²) in [6.45, 7) is 8.23. The van der Waals surface area contributed by atoms with Gasteiger partial charge >= 0.3 is 0 Å². The molecule has 0 unspecified atom stereocenters. The van der Waals surface area contributed by atoms with Gasteiger partial charge in [0.05, 0.1) is 0 Å². The largest absolute Gasteiger partial charge is 0.457 e. The first kappa shape index (κ1) is 15.3. The molecule has 0 aliphatic carbocycles. The Morgan fingerprint density at radius 3 is 1.86 bits per heavy atom. The molecule has 0 heterocycles. The second kappa shape index (κ2) is 6.13. The third-order valence-electron chi connectivity index (χ3n) is 4.02. The van der Waals surface area contributed by atoms with E-state index in [2.05, 4.69) is 32.9 Å². The second-order valence-electron chi connectivity index (χ2n) is 5.94. The summed E-state index contributed by atoms with van der Waals surface area (Å²) in [6, 6.07) is 15.4. The van der Waals surface area contributed by atoms with Crippen LogP contribution in [-0.2, 0) is 5.41 Å². The summed E-state index contributed by atoms with van der Waals surface area (Å²) in [7, 11) is 0. The molecule has 0 radical (unpaired) electrons. The van der Waals surface area contributed by atoms with Crippen molar-refractivity contribution in [1.82, 2.24) is 0 Å². The lowest BCUT2D eigenvalue weighted by Crippen LogP contribution is -2.14. The monoisotopic (exact) mass is 282 g/mol. The molecule has 0 spiro atoms. The van der Waals surface area contributed by atoms with Crippen LogP contribution in [0.1, 0.15) is 50.0 Å². The third kappa shape index (κ3) is 3.72. The van der Waals surface area contributed by atoms with E-state index in [-0.39, 0.29) is 11.2 Å². The fourth-order valence-corrected chi connectivity index (χ4v) is 2.07. The van der Waals surface area contributed by atoms with E-state index in [1.807, 2.05) is 24.3 Å². The summed E-state index contributed by atoms with van der Waals surface area (Å²) in [5, 5.41) is 0. The van der Waals surface area contributed by atoms with Crippen LogP contribution in [0.5, 0.6) is 11.5 Å². The lowest BCUT2D eigenvalue weighted by molar-refractivity contribution is 0.101. The first-order chi connectivity index (χ1) is 9.92. The Hall–Kier alpha value is -2.09. The number of carbonyl (C=O) groups excluding carboxylic acids is 1. The molecule has 0 saturated heterocycles. The summed E-state index contributed by atoms with van der Waals surface area (Å²) in [5.74, 6) is 1.61. The number of rotatable bonds is 5. The summed E-state index contributed by atoms with van der Waals surface area (Å²) in [6.07, 6.45) is 1.10. The standard InChI is InChI=1S/C19H22O2/c1-5-19(3,4)16-8-12-18(13-9-16)21-17-10-6-15(7-11-17)14(2)20/h6-13H,5H2,1-4H3. The minimum Gasteiger partial charge on any atom is -0.457 e. The van der Waals surface area contributed by atoms with Crippen LogP contribution in [0.4, 0.5) is 0 Å². The van der Waals surface area contributed by atoms with E-state index in [0.29, 0.717) is 5.56 Å². The average Bonchev–Trinajstić information content (AvgIpc) is 2.48. The maximum Gasteiger partial charge on any atom is 0.159 e. The highest BCUT2D eigenvalue weighted by Gasteiger charge is 2.17. The summed E-state index contributed by atoms with van der Waals surface area (Å²) >= 11 is 0. The lowest BCUT2D eigenvalue weighted by Gasteiger charge is -2.23. The van der Waals surface area contributed by atoms with Gasteiger partial charge in [0.2, 0.25) is 0 Å². The first-order valence-corrected chi connectivity index (χ1v) is 7.32. The predicted molar refractivity (Wildman–Crippen MR) is 86.3 cm³/mol. The predicted octanol–water partition coefficient (Wildman–Crippen LogP) is 5.37. The van der Waals surface area contributed by atoms with Crippen LogP contribution in [0.25, 0.3) is 0 Å². The van der Waals surface area contributed by atoms with E-state index in [4.69, 9.17) is 4.74 Å². The van der Waals surface area contributed by atoms with Crippen molar-refractivity contribution in [3.05, 3.63) is 59.7 Å². The Morgan fingerprint density at radius 2 is 1.43 bits per heavy atom. The minimum absolute atomic E-state index is 0.0627.